The minimum Gasteiger partial charge on any atom is -0.486 e. The van der Waals surface area contributed by atoms with Crippen molar-refractivity contribution >= 4 is 32.9 Å². The fourth-order valence-electron chi connectivity index (χ4n) is 5.05. The number of hydrogen-bond donors (Lipinski definition) is 0. The fraction of sp³-hybridized carbons (Fsp3) is 0.448. The van der Waals surface area contributed by atoms with Crippen LogP contribution in [0.1, 0.15) is 40.7 Å². The van der Waals surface area contributed by atoms with Gasteiger partial charge in [-0.25, -0.2) is 13.4 Å². The van der Waals surface area contributed by atoms with Crippen LogP contribution in [0, 0.1) is 0 Å². The second-order valence-electron chi connectivity index (χ2n) is 10.4. The number of hydrogen-bond acceptors (Lipinski definition) is 8. The van der Waals surface area contributed by atoms with Gasteiger partial charge in [-0.3, -0.25) is 19.2 Å². The van der Waals surface area contributed by atoms with E-state index in [0.717, 1.165) is 73.9 Å². The van der Waals surface area contributed by atoms with E-state index in [-0.39, 0.29) is 11.3 Å². The molecule has 0 radical (unpaired) electrons. The summed E-state index contributed by atoms with van der Waals surface area (Å²) in [5.41, 5.74) is 5.72. The number of ether oxygens (including phenoxy) is 1. The van der Waals surface area contributed by atoms with Crippen molar-refractivity contribution in [2.24, 2.45) is 0 Å². The Hall–Kier alpha value is -2.79. The van der Waals surface area contributed by atoms with Crippen molar-refractivity contribution in [3.63, 3.8) is 0 Å². The predicted molar refractivity (Wildman–Crippen MR) is 157 cm³/mol. The molecule has 0 amide bonds. The van der Waals surface area contributed by atoms with Crippen LogP contribution < -0.4 is 10.3 Å². The molecule has 1 aliphatic carbocycles. The second kappa shape index (κ2) is 12.2. The quantitative estimate of drug-likeness (QED) is 0.370. The lowest BCUT2D eigenvalue weighted by molar-refractivity contribution is 0.132. The first-order valence-electron chi connectivity index (χ1n) is 13.5. The van der Waals surface area contributed by atoms with E-state index in [4.69, 9.17) is 4.74 Å². The zero-order valence-electron chi connectivity index (χ0n) is 22.6. The van der Waals surface area contributed by atoms with Crippen molar-refractivity contribution in [1.82, 2.24) is 19.4 Å². The van der Waals surface area contributed by atoms with E-state index in [1.807, 2.05) is 11.4 Å². The molecule has 2 aromatic heterocycles. The molecule has 0 unspecified atom stereocenters. The van der Waals surface area contributed by atoms with Crippen LogP contribution in [0.15, 0.2) is 46.7 Å². The monoisotopic (exact) mass is 568 g/mol. The Labute approximate surface area is 234 Å². The van der Waals surface area contributed by atoms with Crippen LogP contribution in [0.5, 0.6) is 5.75 Å². The summed E-state index contributed by atoms with van der Waals surface area (Å²) in [6.45, 7) is 7.64. The minimum absolute atomic E-state index is 0.0946. The van der Waals surface area contributed by atoms with Crippen molar-refractivity contribution in [3.05, 3.63) is 79.7 Å². The molecule has 1 aromatic carbocycles. The number of aromatic nitrogens is 2. The maximum Gasteiger partial charge on any atom is 0.258 e. The zero-order chi connectivity index (χ0) is 27.4. The first kappa shape index (κ1) is 27.8. The Morgan fingerprint density at radius 3 is 2.56 bits per heavy atom. The van der Waals surface area contributed by atoms with Gasteiger partial charge in [-0.1, -0.05) is 25.1 Å². The van der Waals surface area contributed by atoms with Gasteiger partial charge in [0.05, 0.1) is 11.4 Å². The Kier molecular flexibility index (Phi) is 8.66. The smallest absolute Gasteiger partial charge is 0.258 e. The third kappa shape index (κ3) is 7.45. The van der Waals surface area contributed by atoms with Crippen molar-refractivity contribution in [2.75, 3.05) is 44.7 Å². The van der Waals surface area contributed by atoms with Crippen molar-refractivity contribution < 1.29 is 13.2 Å². The largest absolute Gasteiger partial charge is 0.486 e. The number of sulfone groups is 1. The molecule has 10 heteroatoms. The van der Waals surface area contributed by atoms with E-state index in [0.29, 0.717) is 18.9 Å². The zero-order valence-corrected chi connectivity index (χ0v) is 24.3. The average Bonchev–Trinajstić information content (AvgIpc) is 3.39. The first-order chi connectivity index (χ1) is 18.8. The Morgan fingerprint density at radius 1 is 1.05 bits per heavy atom. The highest BCUT2D eigenvalue weighted by Crippen LogP contribution is 2.28. The van der Waals surface area contributed by atoms with Gasteiger partial charge in [0.1, 0.15) is 27.2 Å². The summed E-state index contributed by atoms with van der Waals surface area (Å²) in [5.74, 6) is 0.784. The van der Waals surface area contributed by atoms with Crippen LogP contribution in [0.3, 0.4) is 0 Å². The lowest BCUT2D eigenvalue weighted by Gasteiger charge is -2.34. The molecular weight excluding hydrogens is 532 g/mol. The van der Waals surface area contributed by atoms with E-state index in [2.05, 4.69) is 46.0 Å². The Balaban J connectivity index is 1.18. The van der Waals surface area contributed by atoms with Crippen LogP contribution in [0.4, 0.5) is 0 Å². The molecule has 0 spiro atoms. The highest BCUT2D eigenvalue weighted by molar-refractivity contribution is 7.90. The van der Waals surface area contributed by atoms with E-state index >= 15 is 0 Å². The lowest BCUT2D eigenvalue weighted by Crippen LogP contribution is -2.47. The number of thiazole rings is 1. The summed E-state index contributed by atoms with van der Waals surface area (Å²) in [4.78, 5) is 22.1. The summed E-state index contributed by atoms with van der Waals surface area (Å²) in [6, 6.07) is 10.0. The molecule has 3 aromatic rings. The van der Waals surface area contributed by atoms with Gasteiger partial charge < -0.3 is 4.74 Å². The Bertz CT molecular complexity index is 1500. The summed E-state index contributed by atoms with van der Waals surface area (Å²) in [6.07, 6.45) is 7.82. The lowest BCUT2D eigenvalue weighted by atomic mass is 9.93. The molecule has 0 N–H and O–H groups in total. The number of pyridine rings is 1. The highest BCUT2D eigenvalue weighted by atomic mass is 32.2. The maximum absolute atomic E-state index is 12.9. The van der Waals surface area contributed by atoms with Gasteiger partial charge in [-0.15, -0.1) is 11.3 Å². The van der Waals surface area contributed by atoms with Gasteiger partial charge in [-0.05, 0) is 48.1 Å². The van der Waals surface area contributed by atoms with Crippen LogP contribution in [-0.4, -0.2) is 72.5 Å². The number of allylic oxidation sites excluding steroid dienone is 1. The maximum atomic E-state index is 12.9. The minimum atomic E-state index is -2.92. The molecule has 5 rings (SSSR count). The van der Waals surface area contributed by atoms with Crippen molar-refractivity contribution in [1.29, 1.82) is 0 Å². The number of benzene rings is 1. The van der Waals surface area contributed by atoms with E-state index in [1.165, 1.54) is 17.4 Å². The summed E-state index contributed by atoms with van der Waals surface area (Å²) in [5, 5.41) is 2.95. The Morgan fingerprint density at radius 2 is 1.85 bits per heavy atom. The molecule has 0 bridgehead atoms. The predicted octanol–water partition coefficient (Wildman–Crippen LogP) is 3.55. The molecule has 1 fully saturated rings. The molecule has 3 heterocycles. The number of fused-ring (bicyclic) bond motifs is 1. The van der Waals surface area contributed by atoms with E-state index in [9.17, 15) is 13.2 Å². The molecule has 39 heavy (non-hydrogen) atoms. The SMILES string of the molecule is CCc1csc(COc2ccn(C3=Cc4ccc(CN5CCN(CCS(C)(=O)=O)CC5)cc4CC3)c(=O)c2)n1. The topological polar surface area (TPSA) is 84.7 Å². The molecule has 0 saturated carbocycles. The molecule has 208 valence electrons. The molecule has 1 saturated heterocycles. The van der Waals surface area contributed by atoms with Gasteiger partial charge in [0.2, 0.25) is 0 Å². The fourth-order valence-corrected chi connectivity index (χ4v) is 6.43. The normalized spacial score (nSPS) is 16.6. The molecule has 0 atom stereocenters. The van der Waals surface area contributed by atoms with Crippen molar-refractivity contribution in [3.8, 4) is 5.75 Å². The number of aryl methyl sites for hydroxylation is 2. The van der Waals surface area contributed by atoms with Gasteiger partial charge in [-0.2, -0.15) is 0 Å². The number of nitrogens with zero attached hydrogens (tertiary/aromatic N) is 4. The van der Waals surface area contributed by atoms with Crippen LogP contribution in [0.25, 0.3) is 11.8 Å². The number of piperazine rings is 1. The second-order valence-corrected chi connectivity index (χ2v) is 13.6. The third-order valence-corrected chi connectivity index (χ3v) is 9.15. The number of rotatable bonds is 10. The van der Waals surface area contributed by atoms with Crippen LogP contribution in [-0.2, 0) is 35.8 Å². The standard InChI is InChI=1S/C29H36N4O4S2/c1-3-25-21-38-28(30-25)20-37-27-8-9-33(29(34)18-27)26-7-6-23-16-22(4-5-24(23)17-26)19-32-12-10-31(11-13-32)14-15-39(2,35)36/h4-5,8-9,16-18,21H,3,6-7,10-15,19-20H2,1-2H3. The van der Waals surface area contributed by atoms with Crippen LogP contribution in [0.2, 0.25) is 0 Å². The van der Waals surface area contributed by atoms with Crippen molar-refractivity contribution in [2.45, 2.75) is 39.3 Å². The average molecular weight is 569 g/mol. The summed E-state index contributed by atoms with van der Waals surface area (Å²) in [7, 11) is -2.92. The van der Waals surface area contributed by atoms with E-state index < -0.39 is 9.84 Å². The highest BCUT2D eigenvalue weighted by Gasteiger charge is 2.19. The molecule has 2 aliphatic rings. The van der Waals surface area contributed by atoms with E-state index in [1.54, 1.807) is 28.2 Å². The van der Waals surface area contributed by atoms with Crippen LogP contribution >= 0.6 is 11.3 Å². The molecular formula is C29H36N4O4S2. The summed E-state index contributed by atoms with van der Waals surface area (Å²) < 4.78 is 30.4. The molecule has 8 nitrogen and oxygen atoms in total. The first-order valence-corrected chi connectivity index (χ1v) is 16.4. The van der Waals surface area contributed by atoms with Gasteiger partial charge >= 0.3 is 0 Å². The van der Waals surface area contributed by atoms with Gasteiger partial charge in [0.15, 0.2) is 0 Å². The third-order valence-electron chi connectivity index (χ3n) is 7.35. The molecule has 1 aliphatic heterocycles. The van der Waals surface area contributed by atoms with Gasteiger partial charge in [0, 0.05) is 68.9 Å². The summed E-state index contributed by atoms with van der Waals surface area (Å²) >= 11 is 1.58. The van der Waals surface area contributed by atoms with Gasteiger partial charge in [0.25, 0.3) is 5.56 Å².